The Labute approximate surface area is 144 Å². The minimum Gasteiger partial charge on any atom is -0.506 e. The summed E-state index contributed by atoms with van der Waals surface area (Å²) in [6.45, 7) is 0. The minimum atomic E-state index is -0.338. The molecule has 0 bridgehead atoms. The number of carbonyl (C=O) groups excluding carboxylic acids is 1. The summed E-state index contributed by atoms with van der Waals surface area (Å²) in [5, 5.41) is 10.8. The fourth-order valence-electron chi connectivity index (χ4n) is 2.06. The van der Waals surface area contributed by atoms with Crippen LogP contribution in [-0.4, -0.2) is 10.9 Å². The number of halogens is 4. The van der Waals surface area contributed by atoms with Crippen LogP contribution in [0.4, 0.5) is 0 Å². The summed E-state index contributed by atoms with van der Waals surface area (Å²) in [4.78, 5) is 12.6. The van der Waals surface area contributed by atoms with Crippen molar-refractivity contribution in [3.8, 4) is 5.75 Å². The molecule has 0 aliphatic carbocycles. The number of carbonyl (C=O) groups is 1. The monoisotopic (exact) mass is 374 g/mol. The maximum atomic E-state index is 12.6. The van der Waals surface area contributed by atoms with E-state index in [4.69, 9.17) is 50.8 Å². The molecule has 0 saturated carbocycles. The minimum absolute atomic E-state index is 0.0305. The van der Waals surface area contributed by atoms with Crippen LogP contribution in [0.2, 0.25) is 20.1 Å². The number of phenols is 1. The Morgan fingerprint density at radius 1 is 1.00 bits per heavy atom. The number of furan rings is 1. The molecule has 0 atom stereocenters. The zero-order valence-electron chi connectivity index (χ0n) is 10.7. The van der Waals surface area contributed by atoms with Gasteiger partial charge in [0.15, 0.2) is 11.4 Å². The largest absolute Gasteiger partial charge is 0.506 e. The Kier molecular flexibility index (Phi) is 4.00. The quantitative estimate of drug-likeness (QED) is 0.560. The van der Waals surface area contributed by atoms with E-state index in [-0.39, 0.29) is 37.7 Å². The van der Waals surface area contributed by atoms with E-state index in [1.807, 2.05) is 0 Å². The molecule has 3 aromatic rings. The van der Waals surface area contributed by atoms with Gasteiger partial charge in [-0.25, -0.2) is 0 Å². The molecule has 0 aliphatic rings. The molecule has 0 unspecified atom stereocenters. The van der Waals surface area contributed by atoms with Gasteiger partial charge >= 0.3 is 0 Å². The molecule has 0 fully saturated rings. The van der Waals surface area contributed by atoms with E-state index in [9.17, 15) is 9.90 Å². The Balaban J connectivity index is 2.18. The molecule has 1 heterocycles. The van der Waals surface area contributed by atoms with Crippen LogP contribution in [0.15, 0.2) is 34.9 Å². The van der Waals surface area contributed by atoms with Crippen LogP contribution in [0.25, 0.3) is 11.0 Å². The van der Waals surface area contributed by atoms with Crippen LogP contribution < -0.4 is 0 Å². The van der Waals surface area contributed by atoms with E-state index in [0.29, 0.717) is 16.0 Å². The SMILES string of the molecule is O=C(c1ccc(Cl)c(Cl)c1)c1coc2c(Cl)c(Cl)c(O)cc12. The first-order valence-electron chi connectivity index (χ1n) is 5.98. The van der Waals surface area contributed by atoms with Crippen molar-refractivity contribution >= 4 is 63.2 Å². The Bertz CT molecular complexity index is 915. The fourth-order valence-corrected chi connectivity index (χ4v) is 2.74. The fraction of sp³-hybridized carbons (Fsp3) is 0. The molecule has 0 spiro atoms. The zero-order valence-corrected chi connectivity index (χ0v) is 13.7. The lowest BCUT2D eigenvalue weighted by atomic mass is 10.0. The lowest BCUT2D eigenvalue weighted by molar-refractivity contribution is 0.103. The summed E-state index contributed by atoms with van der Waals surface area (Å²) < 4.78 is 5.30. The average Bonchev–Trinajstić information content (AvgIpc) is 2.90. The van der Waals surface area contributed by atoms with Crippen molar-refractivity contribution in [3.05, 3.63) is 61.7 Å². The highest BCUT2D eigenvalue weighted by Crippen LogP contribution is 2.40. The molecule has 0 aliphatic heterocycles. The second-order valence-corrected chi connectivity index (χ2v) is 6.08. The second-order valence-electron chi connectivity index (χ2n) is 4.51. The number of hydrogen-bond donors (Lipinski definition) is 1. The van der Waals surface area contributed by atoms with Gasteiger partial charge in [-0.3, -0.25) is 4.79 Å². The van der Waals surface area contributed by atoms with Crippen LogP contribution in [0, 0.1) is 0 Å². The van der Waals surface area contributed by atoms with Gasteiger partial charge in [0, 0.05) is 10.9 Å². The van der Waals surface area contributed by atoms with Gasteiger partial charge in [-0.05, 0) is 24.3 Å². The number of aromatic hydroxyl groups is 1. The molecule has 2 aromatic carbocycles. The van der Waals surface area contributed by atoms with Crippen molar-refractivity contribution in [1.82, 2.24) is 0 Å². The smallest absolute Gasteiger partial charge is 0.196 e. The van der Waals surface area contributed by atoms with Crippen molar-refractivity contribution in [1.29, 1.82) is 0 Å². The third kappa shape index (κ3) is 2.44. The van der Waals surface area contributed by atoms with Crippen molar-refractivity contribution in [2.24, 2.45) is 0 Å². The van der Waals surface area contributed by atoms with Crippen LogP contribution >= 0.6 is 46.4 Å². The maximum absolute atomic E-state index is 12.6. The van der Waals surface area contributed by atoms with Crippen molar-refractivity contribution < 1.29 is 14.3 Å². The van der Waals surface area contributed by atoms with Gasteiger partial charge in [0.1, 0.15) is 22.1 Å². The lowest BCUT2D eigenvalue weighted by Crippen LogP contribution is -2.00. The number of phenolic OH excluding ortho intramolecular Hbond substituents is 1. The number of rotatable bonds is 2. The predicted molar refractivity (Wildman–Crippen MR) is 87.8 cm³/mol. The van der Waals surface area contributed by atoms with E-state index in [1.165, 1.54) is 24.5 Å². The molecular weight excluding hydrogens is 370 g/mol. The lowest BCUT2D eigenvalue weighted by Gasteiger charge is -2.03. The van der Waals surface area contributed by atoms with E-state index in [2.05, 4.69) is 0 Å². The summed E-state index contributed by atoms with van der Waals surface area (Å²) in [6, 6.07) is 5.87. The Morgan fingerprint density at radius 2 is 1.73 bits per heavy atom. The van der Waals surface area contributed by atoms with Crippen molar-refractivity contribution in [3.63, 3.8) is 0 Å². The molecule has 1 N–H and O–H groups in total. The molecule has 22 heavy (non-hydrogen) atoms. The van der Waals surface area contributed by atoms with Crippen LogP contribution in [-0.2, 0) is 0 Å². The number of benzene rings is 2. The molecule has 112 valence electrons. The van der Waals surface area contributed by atoms with Crippen LogP contribution in [0.1, 0.15) is 15.9 Å². The van der Waals surface area contributed by atoms with Gasteiger partial charge < -0.3 is 9.52 Å². The highest BCUT2D eigenvalue weighted by Gasteiger charge is 2.21. The summed E-state index contributed by atoms with van der Waals surface area (Å²) >= 11 is 23.6. The number of hydrogen-bond acceptors (Lipinski definition) is 3. The number of ketones is 1. The summed E-state index contributed by atoms with van der Waals surface area (Å²) in [6.07, 6.45) is 1.26. The number of fused-ring (bicyclic) bond motifs is 1. The van der Waals surface area contributed by atoms with Gasteiger partial charge in [0.25, 0.3) is 0 Å². The summed E-state index contributed by atoms with van der Waals surface area (Å²) in [5.74, 6) is -0.570. The third-order valence-electron chi connectivity index (χ3n) is 3.15. The van der Waals surface area contributed by atoms with Crippen molar-refractivity contribution in [2.75, 3.05) is 0 Å². The summed E-state index contributed by atoms with van der Waals surface area (Å²) in [5.41, 5.74) is 0.804. The first-order valence-corrected chi connectivity index (χ1v) is 7.49. The first kappa shape index (κ1) is 15.5. The molecule has 0 saturated heterocycles. The molecule has 1 aromatic heterocycles. The molecule has 3 nitrogen and oxygen atoms in total. The molecule has 0 radical (unpaired) electrons. The second kappa shape index (κ2) is 5.67. The van der Waals surface area contributed by atoms with E-state index >= 15 is 0 Å². The van der Waals surface area contributed by atoms with E-state index in [1.54, 1.807) is 6.07 Å². The third-order valence-corrected chi connectivity index (χ3v) is 4.73. The molecule has 3 rings (SSSR count). The van der Waals surface area contributed by atoms with Crippen LogP contribution in [0.5, 0.6) is 5.75 Å². The Morgan fingerprint density at radius 3 is 2.41 bits per heavy atom. The highest BCUT2D eigenvalue weighted by molar-refractivity contribution is 6.46. The van der Waals surface area contributed by atoms with Gasteiger partial charge in [0.2, 0.25) is 0 Å². The van der Waals surface area contributed by atoms with Gasteiger partial charge in [-0.15, -0.1) is 0 Å². The normalized spacial score (nSPS) is 11.1. The topological polar surface area (TPSA) is 50.4 Å². The highest BCUT2D eigenvalue weighted by atomic mass is 35.5. The summed E-state index contributed by atoms with van der Waals surface area (Å²) in [7, 11) is 0. The van der Waals surface area contributed by atoms with Gasteiger partial charge in [-0.2, -0.15) is 0 Å². The average molecular weight is 376 g/mol. The standard InChI is InChI=1S/C15H6Cl4O3/c16-9-2-1-6(3-10(9)17)14(21)8-5-22-15-7(8)4-11(20)12(18)13(15)19/h1-5,20H. The van der Waals surface area contributed by atoms with E-state index in [0.717, 1.165) is 0 Å². The van der Waals surface area contributed by atoms with Gasteiger partial charge in [-0.1, -0.05) is 46.4 Å². The molecule has 0 amide bonds. The van der Waals surface area contributed by atoms with E-state index < -0.39 is 0 Å². The Hall–Kier alpha value is -1.39. The van der Waals surface area contributed by atoms with Crippen molar-refractivity contribution in [2.45, 2.75) is 0 Å². The first-order chi connectivity index (χ1) is 10.4. The zero-order chi connectivity index (χ0) is 16.0. The molecule has 7 heteroatoms. The predicted octanol–water partition coefficient (Wildman–Crippen LogP) is 5.98. The maximum Gasteiger partial charge on any atom is 0.196 e. The van der Waals surface area contributed by atoms with Gasteiger partial charge in [0.05, 0.1) is 15.6 Å². The molecular formula is C15H6Cl4O3. The van der Waals surface area contributed by atoms with Crippen LogP contribution in [0.3, 0.4) is 0 Å².